The Morgan fingerprint density at radius 3 is 2.50 bits per heavy atom. The molecule has 0 aliphatic carbocycles. The number of nitrogens with zero attached hydrogens (tertiary/aromatic N) is 3. The third-order valence-corrected chi connectivity index (χ3v) is 1.76. The van der Waals surface area contributed by atoms with Crippen molar-refractivity contribution >= 4 is 11.6 Å². The fourth-order valence-corrected chi connectivity index (χ4v) is 1.06. The number of benzene rings is 1. The predicted molar refractivity (Wildman–Crippen MR) is 46.4 cm³/mol. The van der Waals surface area contributed by atoms with Crippen LogP contribution >= 0.6 is 11.6 Å². The molecule has 2 rings (SSSR count). The zero-order valence-corrected chi connectivity index (χ0v) is 6.94. The molecule has 0 atom stereocenters. The van der Waals surface area contributed by atoms with Gasteiger partial charge in [-0.25, -0.2) is 9.67 Å². The molecule has 0 N–H and O–H groups in total. The van der Waals surface area contributed by atoms with Crippen LogP contribution in [0.25, 0.3) is 5.69 Å². The summed E-state index contributed by atoms with van der Waals surface area (Å²) in [5.74, 6) is 0. The second kappa shape index (κ2) is 2.95. The van der Waals surface area contributed by atoms with Crippen LogP contribution in [0.15, 0.2) is 36.9 Å². The van der Waals surface area contributed by atoms with Crippen LogP contribution in [0.5, 0.6) is 0 Å². The molecule has 1 aromatic heterocycles. The number of hydrogen-bond donors (Lipinski definition) is 0. The topological polar surface area (TPSA) is 30.7 Å². The van der Waals surface area contributed by atoms with Crippen molar-refractivity contribution in [3.05, 3.63) is 41.9 Å². The van der Waals surface area contributed by atoms with Crippen molar-refractivity contribution in [1.29, 1.82) is 0 Å². The Kier molecular flexibility index (Phi) is 1.80. The average molecular weight is 180 g/mol. The summed E-state index contributed by atoms with van der Waals surface area (Å²) in [6.07, 6.45) is 3.14. The van der Waals surface area contributed by atoms with Crippen molar-refractivity contribution in [2.75, 3.05) is 0 Å². The Balaban J connectivity index is 2.43. The number of hydrogen-bond acceptors (Lipinski definition) is 2. The minimum atomic E-state index is 0.721. The molecule has 1 heterocycles. The molecule has 3 nitrogen and oxygen atoms in total. The lowest BCUT2D eigenvalue weighted by Crippen LogP contribution is -1.92. The van der Waals surface area contributed by atoms with Gasteiger partial charge in [0, 0.05) is 5.02 Å². The van der Waals surface area contributed by atoms with Gasteiger partial charge in [0.05, 0.1) is 5.69 Å². The molecule has 1 aromatic carbocycles. The third-order valence-electron chi connectivity index (χ3n) is 1.51. The number of rotatable bonds is 1. The zero-order valence-electron chi connectivity index (χ0n) is 6.18. The molecule has 0 amide bonds. The lowest BCUT2D eigenvalue weighted by molar-refractivity contribution is 0.879. The summed E-state index contributed by atoms with van der Waals surface area (Å²) in [6, 6.07) is 7.41. The first kappa shape index (κ1) is 7.31. The van der Waals surface area contributed by atoms with E-state index in [0.717, 1.165) is 10.7 Å². The van der Waals surface area contributed by atoms with E-state index < -0.39 is 0 Å². The minimum absolute atomic E-state index is 0.721. The molecular weight excluding hydrogens is 174 g/mol. The Morgan fingerprint density at radius 2 is 1.92 bits per heavy atom. The van der Waals surface area contributed by atoms with Crippen LogP contribution in [0.3, 0.4) is 0 Å². The molecule has 2 aromatic rings. The van der Waals surface area contributed by atoms with Gasteiger partial charge in [-0.05, 0) is 24.3 Å². The average Bonchev–Trinajstić information content (AvgIpc) is 2.58. The van der Waals surface area contributed by atoms with Gasteiger partial charge in [0.2, 0.25) is 0 Å². The summed E-state index contributed by atoms with van der Waals surface area (Å²) in [4.78, 5) is 3.84. The Hall–Kier alpha value is -1.35. The minimum Gasteiger partial charge on any atom is -0.223 e. The quantitative estimate of drug-likeness (QED) is 0.670. The summed E-state index contributed by atoms with van der Waals surface area (Å²) >= 11 is 5.73. The first-order valence-corrected chi connectivity index (χ1v) is 3.84. The van der Waals surface area contributed by atoms with Crippen LogP contribution in [0.4, 0.5) is 0 Å². The fraction of sp³-hybridized carbons (Fsp3) is 0. The van der Waals surface area contributed by atoms with Gasteiger partial charge in [0.15, 0.2) is 0 Å². The standard InChI is InChI=1S/C8H6ClN3/c9-7-1-3-8(4-2-7)12-6-10-5-11-12/h1-6H. The van der Waals surface area contributed by atoms with Crippen LogP contribution in [0.2, 0.25) is 5.02 Å². The predicted octanol–water partition coefficient (Wildman–Crippen LogP) is 1.92. The largest absolute Gasteiger partial charge is 0.223 e. The van der Waals surface area contributed by atoms with Gasteiger partial charge in [-0.2, -0.15) is 5.10 Å². The van der Waals surface area contributed by atoms with Gasteiger partial charge in [-0.15, -0.1) is 0 Å². The van der Waals surface area contributed by atoms with Gasteiger partial charge >= 0.3 is 0 Å². The van der Waals surface area contributed by atoms with Gasteiger partial charge in [-0.1, -0.05) is 11.6 Å². The first-order chi connectivity index (χ1) is 5.86. The van der Waals surface area contributed by atoms with Crippen LogP contribution in [-0.2, 0) is 0 Å². The van der Waals surface area contributed by atoms with Gasteiger partial charge in [0.25, 0.3) is 0 Å². The molecule has 0 saturated carbocycles. The van der Waals surface area contributed by atoms with Crippen molar-refractivity contribution in [2.24, 2.45) is 0 Å². The van der Waals surface area contributed by atoms with Crippen LogP contribution in [0.1, 0.15) is 0 Å². The van der Waals surface area contributed by atoms with Crippen LogP contribution in [0, 0.1) is 0 Å². The first-order valence-electron chi connectivity index (χ1n) is 3.47. The molecule has 0 unspecified atom stereocenters. The lowest BCUT2D eigenvalue weighted by Gasteiger charge is -1.98. The maximum atomic E-state index is 5.73. The summed E-state index contributed by atoms with van der Waals surface area (Å²) in [5.41, 5.74) is 0.955. The van der Waals surface area contributed by atoms with Gasteiger partial charge < -0.3 is 0 Å². The number of aromatic nitrogens is 3. The van der Waals surface area contributed by atoms with Crippen molar-refractivity contribution < 1.29 is 0 Å². The van der Waals surface area contributed by atoms with Gasteiger partial charge in [0.1, 0.15) is 12.7 Å². The highest BCUT2D eigenvalue weighted by atomic mass is 35.5. The van der Waals surface area contributed by atoms with E-state index >= 15 is 0 Å². The Bertz CT molecular complexity index is 352. The van der Waals surface area contributed by atoms with Crippen LogP contribution < -0.4 is 0 Å². The van der Waals surface area contributed by atoms with E-state index in [2.05, 4.69) is 10.1 Å². The summed E-state index contributed by atoms with van der Waals surface area (Å²) < 4.78 is 1.68. The molecule has 4 heteroatoms. The smallest absolute Gasteiger partial charge is 0.138 e. The molecule has 0 fully saturated rings. The van der Waals surface area contributed by atoms with E-state index in [-0.39, 0.29) is 0 Å². The van der Waals surface area contributed by atoms with E-state index in [9.17, 15) is 0 Å². The maximum Gasteiger partial charge on any atom is 0.138 e. The number of halogens is 1. The summed E-state index contributed by atoms with van der Waals surface area (Å²) in [5, 5.41) is 4.70. The highest BCUT2D eigenvalue weighted by molar-refractivity contribution is 6.30. The van der Waals surface area contributed by atoms with Crippen molar-refractivity contribution in [2.45, 2.75) is 0 Å². The molecule has 0 spiro atoms. The Morgan fingerprint density at radius 1 is 1.17 bits per heavy atom. The molecule has 60 valence electrons. The monoisotopic (exact) mass is 179 g/mol. The highest BCUT2D eigenvalue weighted by Gasteiger charge is 1.94. The molecule has 0 saturated heterocycles. The molecular formula is C8H6ClN3. The van der Waals surface area contributed by atoms with E-state index in [4.69, 9.17) is 11.6 Å². The fourth-order valence-electron chi connectivity index (χ4n) is 0.935. The van der Waals surface area contributed by atoms with Crippen molar-refractivity contribution in [1.82, 2.24) is 14.8 Å². The zero-order chi connectivity index (χ0) is 8.39. The third kappa shape index (κ3) is 1.31. The van der Waals surface area contributed by atoms with E-state index in [1.807, 2.05) is 24.3 Å². The van der Waals surface area contributed by atoms with E-state index in [0.29, 0.717) is 0 Å². The summed E-state index contributed by atoms with van der Waals surface area (Å²) in [7, 11) is 0. The second-order valence-corrected chi connectivity index (χ2v) is 2.75. The van der Waals surface area contributed by atoms with Crippen molar-refractivity contribution in [3.63, 3.8) is 0 Å². The maximum absolute atomic E-state index is 5.73. The molecule has 0 aliphatic heterocycles. The van der Waals surface area contributed by atoms with Gasteiger partial charge in [-0.3, -0.25) is 0 Å². The highest BCUT2D eigenvalue weighted by Crippen LogP contribution is 2.11. The molecule has 12 heavy (non-hydrogen) atoms. The van der Waals surface area contributed by atoms with E-state index in [1.54, 1.807) is 11.0 Å². The second-order valence-electron chi connectivity index (χ2n) is 2.32. The Labute approximate surface area is 74.6 Å². The lowest BCUT2D eigenvalue weighted by atomic mass is 10.3. The van der Waals surface area contributed by atoms with Crippen molar-refractivity contribution in [3.8, 4) is 5.69 Å². The van der Waals surface area contributed by atoms with Crippen LogP contribution in [-0.4, -0.2) is 14.8 Å². The van der Waals surface area contributed by atoms with E-state index in [1.165, 1.54) is 6.33 Å². The molecule has 0 radical (unpaired) electrons. The molecule has 0 aliphatic rings. The summed E-state index contributed by atoms with van der Waals surface area (Å²) in [6.45, 7) is 0. The molecule has 0 bridgehead atoms. The normalized spacial score (nSPS) is 10.1. The SMILES string of the molecule is Clc1ccc(-n2cncn2)cc1.